The molecule has 0 spiro atoms. The van der Waals surface area contributed by atoms with Crippen molar-refractivity contribution in [2.45, 2.75) is 32.7 Å². The van der Waals surface area contributed by atoms with E-state index >= 15 is 0 Å². The normalized spacial score (nSPS) is 25.0. The topological polar surface area (TPSA) is 59.5 Å². The average molecular weight is 236 g/mol. The fourth-order valence-corrected chi connectivity index (χ4v) is 2.43. The maximum Gasteiger partial charge on any atom is 0.289 e. The molecule has 0 aliphatic carbocycles. The minimum absolute atomic E-state index is 0.0274. The molecule has 0 aromatic carbocycles. The van der Waals surface area contributed by atoms with E-state index in [2.05, 4.69) is 6.92 Å². The van der Waals surface area contributed by atoms with Crippen molar-refractivity contribution >= 4 is 5.91 Å². The van der Waals surface area contributed by atoms with Crippen molar-refractivity contribution in [3.05, 3.63) is 23.7 Å². The van der Waals surface area contributed by atoms with Gasteiger partial charge in [0.05, 0.1) is 0 Å². The van der Waals surface area contributed by atoms with E-state index in [-0.39, 0.29) is 11.9 Å². The Balaban J connectivity index is 2.13. The Bertz CT molecular complexity index is 400. The minimum atomic E-state index is -0.0274. The fourth-order valence-electron chi connectivity index (χ4n) is 2.43. The van der Waals surface area contributed by atoms with E-state index in [1.807, 2.05) is 17.9 Å². The Morgan fingerprint density at radius 1 is 1.59 bits per heavy atom. The number of nitrogens with zero attached hydrogens (tertiary/aromatic N) is 1. The summed E-state index contributed by atoms with van der Waals surface area (Å²) < 4.78 is 5.39. The van der Waals surface area contributed by atoms with E-state index in [1.54, 1.807) is 6.07 Å². The maximum absolute atomic E-state index is 12.3. The summed E-state index contributed by atoms with van der Waals surface area (Å²) in [5.41, 5.74) is 5.75. The molecule has 2 atom stereocenters. The second-order valence-electron chi connectivity index (χ2n) is 4.93. The highest BCUT2D eigenvalue weighted by molar-refractivity contribution is 5.91. The van der Waals surface area contributed by atoms with Crippen molar-refractivity contribution in [2.24, 2.45) is 11.7 Å². The molecular formula is C13H20N2O2. The molecule has 1 aliphatic rings. The van der Waals surface area contributed by atoms with E-state index in [0.717, 1.165) is 25.1 Å². The van der Waals surface area contributed by atoms with Gasteiger partial charge in [0.25, 0.3) is 5.91 Å². The lowest BCUT2D eigenvalue weighted by Crippen LogP contribution is -2.49. The van der Waals surface area contributed by atoms with Crippen LogP contribution in [0.1, 0.15) is 36.1 Å². The zero-order chi connectivity index (χ0) is 12.4. The summed E-state index contributed by atoms with van der Waals surface area (Å²) in [5.74, 6) is 1.81. The molecule has 1 aromatic rings. The van der Waals surface area contributed by atoms with Gasteiger partial charge < -0.3 is 15.1 Å². The van der Waals surface area contributed by atoms with Crippen LogP contribution in [0.25, 0.3) is 0 Å². The SMILES string of the molecule is Cc1ccc(C(=O)N2CCC(C)CC2CN)o1. The molecule has 0 saturated carbocycles. The van der Waals surface area contributed by atoms with Crippen molar-refractivity contribution in [1.82, 2.24) is 4.90 Å². The third-order valence-electron chi connectivity index (χ3n) is 3.46. The van der Waals surface area contributed by atoms with Crippen molar-refractivity contribution < 1.29 is 9.21 Å². The fraction of sp³-hybridized carbons (Fsp3) is 0.615. The first-order chi connectivity index (χ1) is 8.11. The zero-order valence-corrected chi connectivity index (χ0v) is 10.5. The lowest BCUT2D eigenvalue weighted by atomic mass is 9.92. The van der Waals surface area contributed by atoms with Crippen molar-refractivity contribution in [2.75, 3.05) is 13.1 Å². The molecule has 1 aromatic heterocycles. The van der Waals surface area contributed by atoms with Gasteiger partial charge in [0, 0.05) is 19.1 Å². The van der Waals surface area contributed by atoms with Crippen LogP contribution in [0.15, 0.2) is 16.5 Å². The zero-order valence-electron chi connectivity index (χ0n) is 10.5. The number of carbonyl (C=O) groups is 1. The Labute approximate surface area is 102 Å². The van der Waals surface area contributed by atoms with Gasteiger partial charge in [-0.2, -0.15) is 0 Å². The van der Waals surface area contributed by atoms with Gasteiger partial charge in [-0.25, -0.2) is 0 Å². The van der Waals surface area contributed by atoms with Crippen LogP contribution in [-0.4, -0.2) is 29.9 Å². The predicted molar refractivity (Wildman–Crippen MR) is 65.7 cm³/mol. The Hall–Kier alpha value is -1.29. The van der Waals surface area contributed by atoms with Crippen LogP contribution in [0.4, 0.5) is 0 Å². The largest absolute Gasteiger partial charge is 0.456 e. The quantitative estimate of drug-likeness (QED) is 0.851. The van der Waals surface area contributed by atoms with Gasteiger partial charge in [-0.1, -0.05) is 6.92 Å². The van der Waals surface area contributed by atoms with Crippen LogP contribution in [0.3, 0.4) is 0 Å². The Morgan fingerprint density at radius 2 is 2.35 bits per heavy atom. The molecule has 17 heavy (non-hydrogen) atoms. The number of aryl methyl sites for hydroxylation is 1. The van der Waals surface area contributed by atoms with Crippen LogP contribution in [-0.2, 0) is 0 Å². The van der Waals surface area contributed by atoms with Crippen molar-refractivity contribution in [3.8, 4) is 0 Å². The molecule has 1 fully saturated rings. The van der Waals surface area contributed by atoms with Crippen molar-refractivity contribution in [1.29, 1.82) is 0 Å². The number of rotatable bonds is 2. The number of amides is 1. The number of nitrogens with two attached hydrogens (primary N) is 1. The Kier molecular flexibility index (Phi) is 3.52. The molecule has 1 aliphatic heterocycles. The summed E-state index contributed by atoms with van der Waals surface area (Å²) in [6.07, 6.45) is 2.03. The number of hydrogen-bond acceptors (Lipinski definition) is 3. The second kappa shape index (κ2) is 4.92. The molecule has 4 nitrogen and oxygen atoms in total. The average Bonchev–Trinajstić information content (AvgIpc) is 2.75. The molecule has 1 saturated heterocycles. The van der Waals surface area contributed by atoms with Gasteiger partial charge in [0.15, 0.2) is 5.76 Å². The first-order valence-electron chi connectivity index (χ1n) is 6.19. The summed E-state index contributed by atoms with van der Waals surface area (Å²) >= 11 is 0. The third-order valence-corrected chi connectivity index (χ3v) is 3.46. The molecule has 1 amide bonds. The smallest absolute Gasteiger partial charge is 0.289 e. The highest BCUT2D eigenvalue weighted by Crippen LogP contribution is 2.24. The molecule has 2 heterocycles. The van der Waals surface area contributed by atoms with Gasteiger partial charge in [0.2, 0.25) is 0 Å². The van der Waals surface area contributed by atoms with Gasteiger partial charge in [-0.05, 0) is 37.8 Å². The molecule has 2 N–H and O–H groups in total. The number of carbonyl (C=O) groups excluding carboxylic acids is 1. The molecular weight excluding hydrogens is 216 g/mol. The minimum Gasteiger partial charge on any atom is -0.456 e. The number of hydrogen-bond donors (Lipinski definition) is 1. The van der Waals surface area contributed by atoms with E-state index in [0.29, 0.717) is 18.2 Å². The van der Waals surface area contributed by atoms with Gasteiger partial charge in [0.1, 0.15) is 5.76 Å². The lowest BCUT2D eigenvalue weighted by Gasteiger charge is -2.37. The van der Waals surface area contributed by atoms with Crippen LogP contribution >= 0.6 is 0 Å². The van der Waals surface area contributed by atoms with E-state index in [1.165, 1.54) is 0 Å². The standard InChI is InChI=1S/C13H20N2O2/c1-9-5-6-15(11(7-9)8-14)13(16)12-4-3-10(2)17-12/h3-4,9,11H,5-8,14H2,1-2H3. The summed E-state index contributed by atoms with van der Waals surface area (Å²) in [5, 5.41) is 0. The molecule has 2 rings (SSSR count). The predicted octanol–water partition coefficient (Wildman–Crippen LogP) is 1.79. The molecule has 2 unspecified atom stereocenters. The molecule has 0 radical (unpaired) electrons. The monoisotopic (exact) mass is 236 g/mol. The van der Waals surface area contributed by atoms with Gasteiger partial charge >= 0.3 is 0 Å². The van der Waals surface area contributed by atoms with Crippen LogP contribution in [0, 0.1) is 12.8 Å². The number of likely N-dealkylation sites (tertiary alicyclic amines) is 1. The maximum atomic E-state index is 12.3. The van der Waals surface area contributed by atoms with Crippen LogP contribution < -0.4 is 5.73 Å². The van der Waals surface area contributed by atoms with Crippen LogP contribution in [0.2, 0.25) is 0 Å². The molecule has 94 valence electrons. The number of piperidine rings is 1. The summed E-state index contributed by atoms with van der Waals surface area (Å²) in [6.45, 7) is 5.36. The highest BCUT2D eigenvalue weighted by Gasteiger charge is 2.30. The Morgan fingerprint density at radius 3 is 2.94 bits per heavy atom. The lowest BCUT2D eigenvalue weighted by molar-refractivity contribution is 0.0540. The van der Waals surface area contributed by atoms with Crippen molar-refractivity contribution in [3.63, 3.8) is 0 Å². The second-order valence-corrected chi connectivity index (χ2v) is 4.93. The highest BCUT2D eigenvalue weighted by atomic mass is 16.3. The molecule has 0 bridgehead atoms. The summed E-state index contributed by atoms with van der Waals surface area (Å²) in [7, 11) is 0. The van der Waals surface area contributed by atoms with E-state index in [9.17, 15) is 4.79 Å². The van der Waals surface area contributed by atoms with Crippen LogP contribution in [0.5, 0.6) is 0 Å². The third kappa shape index (κ3) is 2.52. The van der Waals surface area contributed by atoms with E-state index in [4.69, 9.17) is 10.2 Å². The molecule has 4 heteroatoms. The summed E-state index contributed by atoms with van der Waals surface area (Å²) in [6, 6.07) is 3.71. The van der Waals surface area contributed by atoms with Gasteiger partial charge in [-0.15, -0.1) is 0 Å². The number of furan rings is 1. The van der Waals surface area contributed by atoms with Gasteiger partial charge in [-0.3, -0.25) is 4.79 Å². The summed E-state index contributed by atoms with van der Waals surface area (Å²) in [4.78, 5) is 14.1. The van der Waals surface area contributed by atoms with E-state index < -0.39 is 0 Å². The first-order valence-corrected chi connectivity index (χ1v) is 6.19. The first kappa shape index (κ1) is 12.2.